The number of fused-ring (bicyclic) bond motifs is 1. The average Bonchev–Trinajstić information content (AvgIpc) is 2.66. The van der Waals surface area contributed by atoms with Gasteiger partial charge in [-0.2, -0.15) is 0 Å². The highest BCUT2D eigenvalue weighted by Crippen LogP contribution is 2.45. The van der Waals surface area contributed by atoms with Gasteiger partial charge in [-0.3, -0.25) is 0 Å². The molecule has 1 aromatic rings. The molecule has 2 saturated heterocycles. The third kappa shape index (κ3) is 2.96. The minimum atomic E-state index is -0.415. The second-order valence-electron chi connectivity index (χ2n) is 6.84. The van der Waals surface area contributed by atoms with Gasteiger partial charge < -0.3 is 34.6 Å². The summed E-state index contributed by atoms with van der Waals surface area (Å²) in [5, 5.41) is 5.89. The number of ether oxygens (including phenoxy) is 3. The van der Waals surface area contributed by atoms with Crippen LogP contribution in [0.1, 0.15) is 18.5 Å². The molecule has 4 amide bonds. The Hall–Kier alpha value is -2.84. The van der Waals surface area contributed by atoms with Crippen LogP contribution < -0.4 is 24.8 Å². The zero-order valence-electron chi connectivity index (χ0n) is 16.4. The summed E-state index contributed by atoms with van der Waals surface area (Å²) in [5.74, 6) is 1.44. The first-order valence-electron chi connectivity index (χ1n) is 8.70. The molecule has 3 rings (SSSR count). The lowest BCUT2D eigenvalue weighted by atomic mass is 9.81. The SMILES string of the molecule is COc1cc([C@@H]2[C@@H]3[C@@H](NC(=O)N2C)N(C)C(=O)N[C@@H]3C)cc(OC)c1OC. The molecule has 2 aliphatic heterocycles. The molecule has 2 heterocycles. The van der Waals surface area contributed by atoms with Crippen LogP contribution in [0, 0.1) is 5.92 Å². The van der Waals surface area contributed by atoms with E-state index in [4.69, 9.17) is 14.2 Å². The van der Waals surface area contributed by atoms with E-state index in [-0.39, 0.29) is 30.1 Å². The molecular formula is C18H26N4O5. The van der Waals surface area contributed by atoms with Crippen molar-refractivity contribution in [3.63, 3.8) is 0 Å². The van der Waals surface area contributed by atoms with Crippen LogP contribution in [0.2, 0.25) is 0 Å². The van der Waals surface area contributed by atoms with Crippen LogP contribution in [0.4, 0.5) is 9.59 Å². The fourth-order valence-corrected chi connectivity index (χ4v) is 4.02. The third-order valence-corrected chi connectivity index (χ3v) is 5.43. The quantitative estimate of drug-likeness (QED) is 0.826. The molecule has 4 atom stereocenters. The second-order valence-corrected chi connectivity index (χ2v) is 6.84. The number of urea groups is 2. The van der Waals surface area contributed by atoms with Gasteiger partial charge in [0.05, 0.1) is 27.4 Å². The first-order valence-corrected chi connectivity index (χ1v) is 8.70. The largest absolute Gasteiger partial charge is 0.493 e. The van der Waals surface area contributed by atoms with Gasteiger partial charge in [0.25, 0.3) is 0 Å². The molecule has 0 unspecified atom stereocenters. The predicted molar refractivity (Wildman–Crippen MR) is 98.2 cm³/mol. The van der Waals surface area contributed by atoms with Gasteiger partial charge in [-0.05, 0) is 24.6 Å². The Morgan fingerprint density at radius 2 is 1.44 bits per heavy atom. The van der Waals surface area contributed by atoms with E-state index >= 15 is 0 Å². The van der Waals surface area contributed by atoms with Gasteiger partial charge in [-0.1, -0.05) is 0 Å². The maximum absolute atomic E-state index is 12.6. The third-order valence-electron chi connectivity index (χ3n) is 5.43. The standard InChI is InChI=1S/C18H26N4O5/c1-9-13-14(10-7-11(25-4)15(27-6)12(8-10)26-5)21(2)18(24)20-16(13)22(3)17(23)19-9/h7-9,13-14,16H,1-6H3,(H,19,23)(H,20,24)/t9-,13-,14-,16+/m1/s1. The van der Waals surface area contributed by atoms with Crippen molar-refractivity contribution in [3.05, 3.63) is 17.7 Å². The first-order chi connectivity index (χ1) is 12.8. The van der Waals surface area contributed by atoms with Crippen molar-refractivity contribution in [1.29, 1.82) is 0 Å². The van der Waals surface area contributed by atoms with E-state index < -0.39 is 6.17 Å². The second kappa shape index (κ2) is 7.05. The number of carbonyl (C=O) groups excluding carboxylic acids is 2. The Morgan fingerprint density at radius 1 is 0.889 bits per heavy atom. The molecule has 0 bridgehead atoms. The summed E-state index contributed by atoms with van der Waals surface area (Å²) in [6, 6.07) is 2.80. The van der Waals surface area contributed by atoms with Gasteiger partial charge in [0.2, 0.25) is 5.75 Å². The lowest BCUT2D eigenvalue weighted by molar-refractivity contribution is 0.0247. The van der Waals surface area contributed by atoms with Crippen molar-refractivity contribution in [1.82, 2.24) is 20.4 Å². The van der Waals surface area contributed by atoms with Gasteiger partial charge in [-0.15, -0.1) is 0 Å². The van der Waals surface area contributed by atoms with Crippen molar-refractivity contribution in [2.75, 3.05) is 35.4 Å². The predicted octanol–water partition coefficient (Wildman–Crippen LogP) is 1.39. The summed E-state index contributed by atoms with van der Waals surface area (Å²) in [6.45, 7) is 1.94. The van der Waals surface area contributed by atoms with Gasteiger partial charge >= 0.3 is 12.1 Å². The van der Waals surface area contributed by atoms with E-state index in [1.807, 2.05) is 19.1 Å². The molecule has 2 N–H and O–H groups in total. The number of hydrogen-bond donors (Lipinski definition) is 2. The van der Waals surface area contributed by atoms with Crippen molar-refractivity contribution in [2.24, 2.45) is 5.92 Å². The first kappa shape index (κ1) is 18.9. The molecule has 0 aliphatic carbocycles. The average molecular weight is 378 g/mol. The fraction of sp³-hybridized carbons (Fsp3) is 0.556. The van der Waals surface area contributed by atoms with E-state index in [0.717, 1.165) is 5.56 Å². The molecule has 9 nitrogen and oxygen atoms in total. The molecule has 148 valence electrons. The van der Waals surface area contributed by atoms with Crippen LogP contribution in [0.15, 0.2) is 12.1 Å². The summed E-state index contributed by atoms with van der Waals surface area (Å²) in [4.78, 5) is 27.9. The zero-order chi connectivity index (χ0) is 19.9. The van der Waals surface area contributed by atoms with Crippen LogP contribution in [0.5, 0.6) is 17.2 Å². The van der Waals surface area contributed by atoms with Gasteiger partial charge in [0, 0.05) is 26.1 Å². The van der Waals surface area contributed by atoms with Gasteiger partial charge in [-0.25, -0.2) is 9.59 Å². The molecule has 2 aliphatic rings. The number of nitrogens with one attached hydrogen (secondary N) is 2. The number of benzene rings is 1. The highest BCUT2D eigenvalue weighted by molar-refractivity contribution is 5.80. The number of methoxy groups -OCH3 is 3. The van der Waals surface area contributed by atoms with Gasteiger partial charge in [0.1, 0.15) is 6.17 Å². The van der Waals surface area contributed by atoms with E-state index in [1.165, 1.54) is 4.90 Å². The normalized spacial score (nSPS) is 27.5. The summed E-state index contributed by atoms with van der Waals surface area (Å²) in [7, 11) is 8.07. The number of carbonyl (C=O) groups is 2. The molecule has 0 saturated carbocycles. The molecule has 2 fully saturated rings. The number of rotatable bonds is 4. The number of amides is 4. The summed E-state index contributed by atoms with van der Waals surface area (Å²) in [6.07, 6.45) is -0.415. The Kier molecular flexibility index (Phi) is 4.95. The lowest BCUT2D eigenvalue weighted by Gasteiger charge is -2.52. The van der Waals surface area contributed by atoms with Crippen molar-refractivity contribution in [3.8, 4) is 17.2 Å². The Bertz CT molecular complexity index is 730. The Morgan fingerprint density at radius 3 is 1.96 bits per heavy atom. The smallest absolute Gasteiger partial charge is 0.319 e. The lowest BCUT2D eigenvalue weighted by Crippen LogP contribution is -2.71. The molecule has 0 aromatic heterocycles. The van der Waals surface area contributed by atoms with Gasteiger partial charge in [0.15, 0.2) is 11.5 Å². The zero-order valence-corrected chi connectivity index (χ0v) is 16.4. The van der Waals surface area contributed by atoms with E-state index in [0.29, 0.717) is 17.2 Å². The van der Waals surface area contributed by atoms with Crippen LogP contribution in [0.25, 0.3) is 0 Å². The highest BCUT2D eigenvalue weighted by Gasteiger charge is 2.49. The maximum atomic E-state index is 12.6. The van der Waals surface area contributed by atoms with E-state index in [1.54, 1.807) is 40.3 Å². The molecule has 0 radical (unpaired) electrons. The van der Waals surface area contributed by atoms with Crippen LogP contribution in [0.3, 0.4) is 0 Å². The minimum absolute atomic E-state index is 0.0850. The number of nitrogens with zero attached hydrogens (tertiary/aromatic N) is 2. The Labute approximate surface area is 158 Å². The van der Waals surface area contributed by atoms with Crippen LogP contribution in [-0.2, 0) is 0 Å². The highest BCUT2D eigenvalue weighted by atomic mass is 16.5. The number of hydrogen-bond acceptors (Lipinski definition) is 5. The topological polar surface area (TPSA) is 92.4 Å². The molecule has 0 spiro atoms. The minimum Gasteiger partial charge on any atom is -0.493 e. The van der Waals surface area contributed by atoms with E-state index in [9.17, 15) is 9.59 Å². The summed E-state index contributed by atoms with van der Waals surface area (Å²) < 4.78 is 16.3. The monoisotopic (exact) mass is 378 g/mol. The van der Waals surface area contributed by atoms with Crippen LogP contribution in [-0.4, -0.2) is 69.5 Å². The van der Waals surface area contributed by atoms with E-state index in [2.05, 4.69) is 10.6 Å². The fourth-order valence-electron chi connectivity index (χ4n) is 4.02. The van der Waals surface area contributed by atoms with Crippen LogP contribution >= 0.6 is 0 Å². The molecule has 9 heteroatoms. The van der Waals surface area contributed by atoms with Crippen molar-refractivity contribution in [2.45, 2.75) is 25.2 Å². The molecule has 1 aromatic carbocycles. The maximum Gasteiger partial charge on any atom is 0.319 e. The van der Waals surface area contributed by atoms with Crippen molar-refractivity contribution < 1.29 is 23.8 Å². The summed E-state index contributed by atoms with van der Waals surface area (Å²) >= 11 is 0. The molecular weight excluding hydrogens is 352 g/mol. The summed E-state index contributed by atoms with van der Waals surface area (Å²) in [5.41, 5.74) is 0.841. The van der Waals surface area contributed by atoms with Crippen molar-refractivity contribution >= 4 is 12.1 Å². The Balaban J connectivity index is 2.12. The molecule has 27 heavy (non-hydrogen) atoms.